The van der Waals surface area contributed by atoms with E-state index in [1.165, 1.54) is 77.0 Å². The lowest BCUT2D eigenvalue weighted by atomic mass is 10.1. The van der Waals surface area contributed by atoms with Gasteiger partial charge in [0.25, 0.3) is 0 Å². The third kappa shape index (κ3) is 41.7. The molecule has 0 saturated carbocycles. The van der Waals surface area contributed by atoms with E-state index in [0.717, 1.165) is 32.1 Å². The van der Waals surface area contributed by atoms with Crippen molar-refractivity contribution in [2.45, 2.75) is 167 Å². The Morgan fingerprint density at radius 1 is 0.649 bits per heavy atom. The molecule has 0 fully saturated rings. The second kappa shape index (κ2) is 37.9. The summed E-state index contributed by atoms with van der Waals surface area (Å²) >= 11 is 0. The van der Waals surface area contributed by atoms with Crippen LogP contribution in [0.5, 0.6) is 0 Å². The lowest BCUT2D eigenvalue weighted by Gasteiger charge is -2.24. The third-order valence-corrected chi connectivity index (χ3v) is 9.98. The van der Waals surface area contributed by atoms with Gasteiger partial charge in [0.1, 0.15) is 19.8 Å². The fraction of sp³-hybridized carbons (Fsp3) is 0.717. The number of aliphatic hydroxyl groups excluding tert-OH is 2. The number of unbranched alkanes of at least 4 members (excludes halogenated alkanes) is 14. The number of nitrogens with zero attached hydrogens (tertiary/aromatic N) is 1. The van der Waals surface area contributed by atoms with E-state index in [0.29, 0.717) is 30.3 Å². The highest BCUT2D eigenvalue weighted by molar-refractivity contribution is 7.47. The van der Waals surface area contributed by atoms with Gasteiger partial charge in [0.2, 0.25) is 0 Å². The molecule has 0 bridgehead atoms. The number of phosphoric acid groups is 1. The van der Waals surface area contributed by atoms with Crippen molar-refractivity contribution >= 4 is 13.8 Å². The summed E-state index contributed by atoms with van der Waals surface area (Å²) in [4.78, 5) is 22.9. The number of esters is 1. The molecule has 0 amide bonds. The first-order valence-corrected chi connectivity index (χ1v) is 23.4. The van der Waals surface area contributed by atoms with Gasteiger partial charge in [0.05, 0.1) is 46.2 Å². The van der Waals surface area contributed by atoms with Crippen LogP contribution in [0.3, 0.4) is 0 Å². The topological polar surface area (TPSA) is 132 Å². The molecule has 0 heterocycles. The molecule has 0 aromatic heterocycles. The number of allylic oxidation sites excluding steroid dienone is 8. The van der Waals surface area contributed by atoms with Crippen LogP contribution in [0.2, 0.25) is 0 Å². The predicted molar refractivity (Wildman–Crippen MR) is 236 cm³/mol. The molecule has 4 atom stereocenters. The van der Waals surface area contributed by atoms with Crippen LogP contribution in [0, 0.1) is 0 Å². The highest BCUT2D eigenvalue weighted by Crippen LogP contribution is 2.43. The fourth-order valence-corrected chi connectivity index (χ4v) is 6.21. The minimum absolute atomic E-state index is 0.0282. The zero-order valence-corrected chi connectivity index (χ0v) is 37.4. The molecule has 1 unspecified atom stereocenters. The van der Waals surface area contributed by atoms with Crippen LogP contribution < -0.4 is 0 Å². The highest BCUT2D eigenvalue weighted by atomic mass is 31.2. The van der Waals surface area contributed by atoms with Gasteiger partial charge in [0, 0.05) is 6.42 Å². The van der Waals surface area contributed by atoms with Crippen molar-refractivity contribution < 1.29 is 47.5 Å². The molecule has 0 aromatic carbocycles. The Balaban J connectivity index is 4.60. The quantitative estimate of drug-likeness (QED) is 0.0105. The molecule has 0 rings (SSSR count). The van der Waals surface area contributed by atoms with Gasteiger partial charge in [-0.25, -0.2) is 4.57 Å². The second-order valence-electron chi connectivity index (χ2n) is 15.8. The van der Waals surface area contributed by atoms with Crippen LogP contribution in [0.1, 0.15) is 149 Å². The predicted octanol–water partition coefficient (Wildman–Crippen LogP) is 11.0. The Kier molecular flexibility index (Phi) is 36.4. The number of rotatable bonds is 39. The number of likely N-dealkylation sites (N-methyl/N-ethyl adjacent to an activating group) is 1. The molecule has 330 valence electrons. The summed E-state index contributed by atoms with van der Waals surface area (Å²) in [6.45, 7) is 4.54. The van der Waals surface area contributed by atoms with E-state index in [1.807, 2.05) is 33.3 Å². The molecule has 0 aliphatic rings. The Hall–Kier alpha value is -2.30. The number of hydrogen-bond acceptors (Lipinski definition) is 8. The van der Waals surface area contributed by atoms with Crippen LogP contribution in [0.15, 0.2) is 73.1 Å². The zero-order chi connectivity index (χ0) is 42.3. The van der Waals surface area contributed by atoms with Crippen molar-refractivity contribution in [3.63, 3.8) is 0 Å². The van der Waals surface area contributed by atoms with E-state index >= 15 is 0 Å². The molecule has 0 aliphatic heterocycles. The van der Waals surface area contributed by atoms with Gasteiger partial charge in [0.15, 0.2) is 6.10 Å². The Bertz CT molecular complexity index is 1170. The molecule has 11 heteroatoms. The van der Waals surface area contributed by atoms with Crippen molar-refractivity contribution in [3.05, 3.63) is 73.1 Å². The van der Waals surface area contributed by atoms with Gasteiger partial charge in [-0.05, 0) is 76.7 Å². The van der Waals surface area contributed by atoms with Crippen LogP contribution in [-0.4, -0.2) is 91.4 Å². The number of phosphoric ester groups is 1. The molecule has 0 aliphatic carbocycles. The summed E-state index contributed by atoms with van der Waals surface area (Å²) in [5.74, 6) is -0.525. The van der Waals surface area contributed by atoms with Crippen LogP contribution in [0.4, 0.5) is 0 Å². The summed E-state index contributed by atoms with van der Waals surface area (Å²) in [6, 6.07) is 0. The Labute approximate surface area is 348 Å². The van der Waals surface area contributed by atoms with E-state index in [4.69, 9.17) is 18.5 Å². The highest BCUT2D eigenvalue weighted by Gasteiger charge is 2.26. The number of carbonyl (C=O) groups excluding carboxylic acids is 1. The first-order chi connectivity index (χ1) is 27.4. The van der Waals surface area contributed by atoms with E-state index in [-0.39, 0.29) is 26.2 Å². The molecule has 0 spiro atoms. The van der Waals surface area contributed by atoms with E-state index < -0.39 is 32.1 Å². The molecular formula is C46H83NO9P+. The van der Waals surface area contributed by atoms with Crippen molar-refractivity contribution in [2.24, 2.45) is 0 Å². The number of hydrogen-bond donors (Lipinski definition) is 3. The van der Waals surface area contributed by atoms with Crippen LogP contribution in [0.25, 0.3) is 0 Å². The van der Waals surface area contributed by atoms with Gasteiger partial charge < -0.3 is 29.1 Å². The fourth-order valence-electron chi connectivity index (χ4n) is 5.47. The molecule has 57 heavy (non-hydrogen) atoms. The lowest BCUT2D eigenvalue weighted by molar-refractivity contribution is -0.870. The first kappa shape index (κ1) is 54.7. The Morgan fingerprint density at radius 2 is 1.18 bits per heavy atom. The lowest BCUT2D eigenvalue weighted by Crippen LogP contribution is -2.37. The second-order valence-corrected chi connectivity index (χ2v) is 17.3. The molecule has 0 saturated heterocycles. The summed E-state index contributed by atoms with van der Waals surface area (Å²) in [5, 5.41) is 20.4. The van der Waals surface area contributed by atoms with Gasteiger partial charge in [-0.3, -0.25) is 13.8 Å². The van der Waals surface area contributed by atoms with Gasteiger partial charge in [-0.2, -0.15) is 0 Å². The summed E-state index contributed by atoms with van der Waals surface area (Å²) < 4.78 is 34.5. The largest absolute Gasteiger partial charge is 0.498 e. The smallest absolute Gasteiger partial charge is 0.472 e. The summed E-state index contributed by atoms with van der Waals surface area (Å²) in [7, 11) is 1.46. The zero-order valence-electron chi connectivity index (χ0n) is 36.5. The number of carbonyl (C=O) groups is 1. The van der Waals surface area contributed by atoms with E-state index in [2.05, 4.69) is 32.1 Å². The van der Waals surface area contributed by atoms with Crippen LogP contribution in [-0.2, 0) is 27.9 Å². The molecule has 0 aromatic rings. The maximum atomic E-state index is 12.7. The summed E-state index contributed by atoms with van der Waals surface area (Å²) in [6.07, 6.45) is 42.3. The molecular weight excluding hydrogens is 741 g/mol. The number of aliphatic hydroxyl groups is 2. The average Bonchev–Trinajstić information content (AvgIpc) is 3.15. The third-order valence-electron chi connectivity index (χ3n) is 8.99. The summed E-state index contributed by atoms with van der Waals surface area (Å²) in [5.41, 5.74) is 0. The van der Waals surface area contributed by atoms with Crippen molar-refractivity contribution in [3.8, 4) is 0 Å². The Morgan fingerprint density at radius 3 is 1.79 bits per heavy atom. The minimum Gasteiger partial charge on any atom is -0.498 e. The van der Waals surface area contributed by atoms with Gasteiger partial charge >= 0.3 is 13.8 Å². The average molecular weight is 825 g/mol. The van der Waals surface area contributed by atoms with Crippen LogP contribution >= 0.6 is 7.82 Å². The molecule has 0 radical (unpaired) electrons. The minimum atomic E-state index is -4.37. The molecule has 3 N–H and O–H groups in total. The number of ether oxygens (including phenoxy) is 2. The molecule has 10 nitrogen and oxygen atoms in total. The van der Waals surface area contributed by atoms with E-state index in [1.54, 1.807) is 42.7 Å². The van der Waals surface area contributed by atoms with Gasteiger partial charge in [-0.15, -0.1) is 0 Å². The van der Waals surface area contributed by atoms with E-state index in [9.17, 15) is 24.5 Å². The van der Waals surface area contributed by atoms with Crippen molar-refractivity contribution in [1.82, 2.24) is 0 Å². The maximum Gasteiger partial charge on any atom is 0.472 e. The maximum absolute atomic E-state index is 12.7. The van der Waals surface area contributed by atoms with Gasteiger partial charge in [-0.1, -0.05) is 132 Å². The monoisotopic (exact) mass is 825 g/mol. The SMILES string of the molecule is CCCCC/C=C\C[C@H](O)/C=C/C=C/C=C\[C@H](O)CCCC(=O)O[C@H](CO/C=C/CCCCCC/C=C\CCCCCCCC)COP(=O)(O)OCC[N+](C)(C)C. The number of quaternary nitrogens is 1. The first-order valence-electron chi connectivity index (χ1n) is 21.9. The van der Waals surface area contributed by atoms with Crippen molar-refractivity contribution in [2.75, 3.05) is 47.5 Å². The van der Waals surface area contributed by atoms with Crippen molar-refractivity contribution in [1.29, 1.82) is 0 Å². The standard InChI is InChI=1S/C46H82NO9P/c1-6-8-10-12-14-15-16-17-18-19-20-21-22-23-27-31-39-53-41-45(42-55-57(51,52)54-40-38-47(3,4)5)56-46(50)37-32-36-44(49)35-30-26-25-29-34-43(48)33-28-24-13-11-9-7-2/h17-18,24-26,28-31,34-35,39,43-45,48-49H,6-16,19-23,27,32-33,36-38,40-42H2,1-5H3/p+1/b18-17-,26-25+,28-24-,34-29+,35-30-,39-31+/t43-,44-,45+/m0/s1. The normalized spacial score (nSPS) is 15.5.